The maximum absolute atomic E-state index is 13.0. The predicted molar refractivity (Wildman–Crippen MR) is 136 cm³/mol. The van der Waals surface area contributed by atoms with Crippen molar-refractivity contribution in [2.24, 2.45) is 0 Å². The minimum Gasteiger partial charge on any atom is -0.492 e. The second kappa shape index (κ2) is 10.3. The van der Waals surface area contributed by atoms with E-state index in [4.69, 9.17) is 4.74 Å². The average Bonchev–Trinajstić information content (AvgIpc) is 2.81. The highest BCUT2D eigenvalue weighted by molar-refractivity contribution is 7.92. The van der Waals surface area contributed by atoms with Gasteiger partial charge in [0.1, 0.15) is 12.4 Å². The van der Waals surface area contributed by atoms with E-state index in [0.717, 1.165) is 11.3 Å². The van der Waals surface area contributed by atoms with Crippen LogP contribution >= 0.6 is 0 Å². The molecule has 3 aromatic rings. The molecule has 6 nitrogen and oxygen atoms in total. The second-order valence-corrected chi connectivity index (χ2v) is 11.2. The molecule has 0 atom stereocenters. The van der Waals surface area contributed by atoms with Gasteiger partial charge in [0, 0.05) is 12.6 Å². The van der Waals surface area contributed by atoms with Gasteiger partial charge in [-0.05, 0) is 60.4 Å². The molecule has 0 aliphatic heterocycles. The van der Waals surface area contributed by atoms with Gasteiger partial charge in [0.05, 0.1) is 17.1 Å². The van der Waals surface area contributed by atoms with Crippen molar-refractivity contribution < 1.29 is 17.9 Å². The number of sulfonamides is 1. The molecule has 0 unspecified atom stereocenters. The first-order valence-electron chi connectivity index (χ1n) is 11.2. The normalized spacial score (nSPS) is 11.7. The number of aryl methyl sites for hydroxylation is 1. The van der Waals surface area contributed by atoms with Crippen molar-refractivity contribution in [3.8, 4) is 5.75 Å². The topological polar surface area (TPSA) is 75.7 Å². The van der Waals surface area contributed by atoms with Crippen molar-refractivity contribution in [1.82, 2.24) is 5.32 Å². The molecular formula is C27H32N2O4S. The first kappa shape index (κ1) is 25.3. The zero-order chi connectivity index (χ0) is 24.9. The lowest BCUT2D eigenvalue weighted by molar-refractivity contribution is 0.0947. The summed E-state index contributed by atoms with van der Waals surface area (Å²) in [5, 5.41) is 2.82. The molecule has 1 N–H and O–H groups in total. The molecule has 0 bridgehead atoms. The van der Waals surface area contributed by atoms with Crippen LogP contribution in [0.25, 0.3) is 0 Å². The van der Waals surface area contributed by atoms with Gasteiger partial charge in [0.25, 0.3) is 15.9 Å². The summed E-state index contributed by atoms with van der Waals surface area (Å²) in [5.74, 6) is 0.446. The number of nitrogens with zero attached hydrogens (tertiary/aromatic N) is 1. The molecule has 7 heteroatoms. The van der Waals surface area contributed by atoms with E-state index in [1.165, 1.54) is 16.9 Å². The van der Waals surface area contributed by atoms with Crippen LogP contribution < -0.4 is 14.4 Å². The van der Waals surface area contributed by atoms with Crippen molar-refractivity contribution >= 4 is 21.6 Å². The fraction of sp³-hybridized carbons (Fsp3) is 0.296. The number of anilines is 1. The Hall–Kier alpha value is -3.32. The zero-order valence-corrected chi connectivity index (χ0v) is 21.1. The summed E-state index contributed by atoms with van der Waals surface area (Å²) < 4.78 is 32.8. The fourth-order valence-electron chi connectivity index (χ4n) is 3.34. The van der Waals surface area contributed by atoms with Crippen molar-refractivity contribution in [2.75, 3.05) is 24.5 Å². The van der Waals surface area contributed by atoms with Crippen molar-refractivity contribution in [3.63, 3.8) is 0 Å². The maximum Gasteiger partial charge on any atom is 0.264 e. The Bertz CT molecular complexity index is 1230. The van der Waals surface area contributed by atoms with E-state index in [9.17, 15) is 13.2 Å². The molecule has 0 saturated carbocycles. The van der Waals surface area contributed by atoms with Gasteiger partial charge in [0.15, 0.2) is 0 Å². The van der Waals surface area contributed by atoms with Crippen molar-refractivity contribution in [3.05, 3.63) is 89.5 Å². The molecule has 0 radical (unpaired) electrons. The van der Waals surface area contributed by atoms with Gasteiger partial charge in [0.2, 0.25) is 0 Å². The van der Waals surface area contributed by atoms with E-state index in [0.29, 0.717) is 24.4 Å². The molecule has 3 aromatic carbocycles. The minimum atomic E-state index is -3.73. The van der Waals surface area contributed by atoms with Gasteiger partial charge in [-0.15, -0.1) is 0 Å². The fourth-order valence-corrected chi connectivity index (χ4v) is 4.52. The number of hydrogen-bond acceptors (Lipinski definition) is 4. The van der Waals surface area contributed by atoms with E-state index >= 15 is 0 Å². The van der Waals surface area contributed by atoms with Gasteiger partial charge in [-0.25, -0.2) is 8.42 Å². The monoisotopic (exact) mass is 480 g/mol. The molecule has 0 fully saturated rings. The Balaban J connectivity index is 1.58. The Morgan fingerprint density at radius 2 is 1.62 bits per heavy atom. The lowest BCUT2D eigenvalue weighted by Crippen LogP contribution is -2.29. The molecule has 1 amide bonds. The molecule has 34 heavy (non-hydrogen) atoms. The third-order valence-corrected chi connectivity index (χ3v) is 7.33. The molecular weight excluding hydrogens is 448 g/mol. The highest BCUT2D eigenvalue weighted by atomic mass is 32.2. The van der Waals surface area contributed by atoms with Crippen molar-refractivity contribution in [1.29, 1.82) is 0 Å². The number of carbonyl (C=O) groups excluding carboxylic acids is 1. The summed E-state index contributed by atoms with van der Waals surface area (Å²) in [4.78, 5) is 12.8. The molecule has 3 rings (SSSR count). The van der Waals surface area contributed by atoms with Gasteiger partial charge in [-0.1, -0.05) is 56.7 Å². The van der Waals surface area contributed by atoms with E-state index < -0.39 is 10.0 Å². The first-order valence-corrected chi connectivity index (χ1v) is 12.6. The summed E-state index contributed by atoms with van der Waals surface area (Å²) in [6.45, 7) is 9.01. The van der Waals surface area contributed by atoms with Crippen LogP contribution in [0.15, 0.2) is 77.7 Å². The molecule has 0 spiro atoms. The van der Waals surface area contributed by atoms with Crippen LogP contribution in [-0.2, 0) is 15.4 Å². The molecule has 0 aliphatic carbocycles. The Morgan fingerprint density at radius 3 is 2.24 bits per heavy atom. The number of hydrogen-bond donors (Lipinski definition) is 1. The Morgan fingerprint density at radius 1 is 0.971 bits per heavy atom. The molecule has 0 aliphatic rings. The standard InChI is InChI=1S/C27H32N2O4S/c1-20-9-15-25(16-10-20)34(31,32)29(5)23-8-6-7-21(19-23)26(30)28-17-18-33-24-13-11-22(12-14-24)27(2,3)4/h6-16,19H,17-18H2,1-5H3,(H,28,30). The number of benzene rings is 3. The lowest BCUT2D eigenvalue weighted by Gasteiger charge is -2.20. The van der Waals surface area contributed by atoms with Gasteiger partial charge < -0.3 is 10.1 Å². The van der Waals surface area contributed by atoms with Gasteiger partial charge in [-0.3, -0.25) is 9.10 Å². The predicted octanol–water partition coefficient (Wildman–Crippen LogP) is 4.93. The smallest absolute Gasteiger partial charge is 0.264 e. The Labute approximate surface area is 202 Å². The number of nitrogens with one attached hydrogen (secondary N) is 1. The Kier molecular flexibility index (Phi) is 7.67. The van der Waals surface area contributed by atoms with Crippen LogP contribution in [0.5, 0.6) is 5.75 Å². The van der Waals surface area contributed by atoms with E-state index in [2.05, 4.69) is 26.1 Å². The summed E-state index contributed by atoms with van der Waals surface area (Å²) in [7, 11) is -2.26. The third kappa shape index (κ3) is 6.17. The van der Waals surface area contributed by atoms with Crippen molar-refractivity contribution in [2.45, 2.75) is 38.0 Å². The first-order chi connectivity index (χ1) is 16.0. The summed E-state index contributed by atoms with van der Waals surface area (Å²) in [6, 6.07) is 21.1. The van der Waals surface area contributed by atoms with Gasteiger partial charge in [-0.2, -0.15) is 0 Å². The summed E-state index contributed by atoms with van der Waals surface area (Å²) in [6.07, 6.45) is 0. The maximum atomic E-state index is 13.0. The number of amides is 1. The third-order valence-electron chi connectivity index (χ3n) is 5.53. The zero-order valence-electron chi connectivity index (χ0n) is 20.3. The van der Waals surface area contributed by atoms with Crippen LogP contribution in [-0.4, -0.2) is 34.5 Å². The SMILES string of the molecule is Cc1ccc(S(=O)(=O)N(C)c2cccc(C(=O)NCCOc3ccc(C(C)(C)C)cc3)c2)cc1. The molecule has 0 aromatic heterocycles. The van der Waals surface area contributed by atoms with E-state index in [1.807, 2.05) is 31.2 Å². The van der Waals surface area contributed by atoms with Crippen LogP contribution in [0.1, 0.15) is 42.3 Å². The molecule has 180 valence electrons. The lowest BCUT2D eigenvalue weighted by atomic mass is 9.87. The highest BCUT2D eigenvalue weighted by Crippen LogP contribution is 2.25. The number of ether oxygens (including phenoxy) is 1. The highest BCUT2D eigenvalue weighted by Gasteiger charge is 2.22. The number of rotatable bonds is 8. The minimum absolute atomic E-state index is 0.0780. The molecule has 0 saturated heterocycles. The molecule has 0 heterocycles. The van der Waals surface area contributed by atoms with Crippen LogP contribution in [0.4, 0.5) is 5.69 Å². The van der Waals surface area contributed by atoms with E-state index in [-0.39, 0.29) is 16.2 Å². The summed E-state index contributed by atoms with van der Waals surface area (Å²) >= 11 is 0. The van der Waals surface area contributed by atoms with Crippen LogP contribution in [0, 0.1) is 6.92 Å². The van der Waals surface area contributed by atoms with Crippen LogP contribution in [0.2, 0.25) is 0 Å². The number of carbonyl (C=O) groups is 1. The average molecular weight is 481 g/mol. The van der Waals surface area contributed by atoms with Crippen LogP contribution in [0.3, 0.4) is 0 Å². The van der Waals surface area contributed by atoms with E-state index in [1.54, 1.807) is 48.5 Å². The quantitative estimate of drug-likeness (QED) is 0.464. The largest absolute Gasteiger partial charge is 0.492 e. The second-order valence-electron chi connectivity index (χ2n) is 9.21. The van der Waals surface area contributed by atoms with Gasteiger partial charge >= 0.3 is 0 Å². The summed E-state index contributed by atoms with van der Waals surface area (Å²) in [5.41, 5.74) is 3.06.